The summed E-state index contributed by atoms with van der Waals surface area (Å²) in [5.74, 6) is 1.35. The number of carboxylic acids is 1. The minimum absolute atomic E-state index is 0.00139. The molecule has 1 aliphatic heterocycles. The van der Waals surface area contributed by atoms with Crippen LogP contribution < -0.4 is 5.73 Å². The van der Waals surface area contributed by atoms with Gasteiger partial charge in [-0.3, -0.25) is 14.8 Å². The van der Waals surface area contributed by atoms with Crippen LogP contribution in [0.15, 0.2) is 17.0 Å². The number of aliphatic carboxylic acids is 1. The molecule has 7 unspecified atom stereocenters. The molecule has 8 atom stereocenters. The van der Waals surface area contributed by atoms with Crippen molar-refractivity contribution >= 4 is 28.7 Å². The second-order valence-corrected chi connectivity index (χ2v) is 19.8. The number of hydrogen-bond acceptors (Lipinski definition) is 6. The SMILES string of the molecule is CC1(C)CC2C3=C(c4ccsc4CN4CCOCC4)CC4C5(C)Cc6c(N)n[nH]c6C(C)(C)C5CCC4(C)C3(C)CCC2[C@H](C(=O)O)C1. The lowest BCUT2D eigenvalue weighted by Gasteiger charge is -2.70. The highest BCUT2D eigenvalue weighted by Gasteiger charge is 2.68. The lowest BCUT2D eigenvalue weighted by Crippen LogP contribution is -2.64. The highest BCUT2D eigenvalue weighted by molar-refractivity contribution is 7.10. The van der Waals surface area contributed by atoms with Crippen molar-refractivity contribution in [1.29, 1.82) is 0 Å². The lowest BCUT2D eigenvalue weighted by molar-refractivity contribution is -0.161. The molecule has 3 saturated carbocycles. The van der Waals surface area contributed by atoms with Gasteiger partial charge in [0, 0.05) is 41.2 Å². The molecule has 48 heavy (non-hydrogen) atoms. The number of ether oxygens (including phenoxy) is 1. The van der Waals surface area contributed by atoms with Gasteiger partial charge in [0.1, 0.15) is 5.82 Å². The highest BCUT2D eigenvalue weighted by atomic mass is 32.1. The van der Waals surface area contributed by atoms with Crippen molar-refractivity contribution < 1.29 is 14.6 Å². The number of thiophene rings is 1. The fourth-order valence-electron chi connectivity index (χ4n) is 13.4. The first-order chi connectivity index (χ1) is 22.6. The zero-order chi connectivity index (χ0) is 34.0. The molecule has 8 heteroatoms. The van der Waals surface area contributed by atoms with E-state index in [9.17, 15) is 9.90 Å². The van der Waals surface area contributed by atoms with Crippen molar-refractivity contribution in [2.75, 3.05) is 32.0 Å². The maximum atomic E-state index is 12.9. The predicted octanol–water partition coefficient (Wildman–Crippen LogP) is 8.17. The van der Waals surface area contributed by atoms with Gasteiger partial charge in [-0.2, -0.15) is 5.10 Å². The van der Waals surface area contributed by atoms with Crippen LogP contribution in [0.4, 0.5) is 5.82 Å². The van der Waals surface area contributed by atoms with Crippen LogP contribution >= 0.6 is 11.3 Å². The van der Waals surface area contributed by atoms with E-state index in [4.69, 9.17) is 10.5 Å². The zero-order valence-electron chi connectivity index (χ0n) is 30.4. The quantitative estimate of drug-likeness (QED) is 0.302. The van der Waals surface area contributed by atoms with E-state index in [1.54, 1.807) is 11.1 Å². The Balaban J connectivity index is 1.32. The number of nitrogens with one attached hydrogen (secondary N) is 1. The number of carbonyl (C=O) groups is 1. The van der Waals surface area contributed by atoms with Gasteiger partial charge in [0.25, 0.3) is 0 Å². The van der Waals surface area contributed by atoms with Gasteiger partial charge in [-0.1, -0.05) is 54.0 Å². The molecule has 0 amide bonds. The van der Waals surface area contributed by atoms with Crippen LogP contribution in [-0.4, -0.2) is 52.5 Å². The fourth-order valence-corrected chi connectivity index (χ4v) is 14.3. The number of fused-ring (bicyclic) bond motifs is 8. The molecule has 5 aliphatic carbocycles. The molecule has 7 nitrogen and oxygen atoms in total. The van der Waals surface area contributed by atoms with E-state index in [1.807, 2.05) is 11.3 Å². The Morgan fingerprint density at radius 3 is 2.56 bits per heavy atom. The highest BCUT2D eigenvalue weighted by Crippen LogP contribution is 2.76. The minimum Gasteiger partial charge on any atom is -0.481 e. The van der Waals surface area contributed by atoms with E-state index in [0.29, 0.717) is 23.6 Å². The fraction of sp³-hybridized carbons (Fsp3) is 0.750. The summed E-state index contributed by atoms with van der Waals surface area (Å²) in [6.07, 6.45) is 8.41. The zero-order valence-corrected chi connectivity index (χ0v) is 31.2. The van der Waals surface area contributed by atoms with Crippen LogP contribution in [0.3, 0.4) is 0 Å². The first kappa shape index (κ1) is 33.0. The summed E-state index contributed by atoms with van der Waals surface area (Å²) in [6, 6.07) is 2.43. The monoisotopic (exact) mass is 674 g/mol. The van der Waals surface area contributed by atoms with Crippen LogP contribution in [0.2, 0.25) is 0 Å². The van der Waals surface area contributed by atoms with E-state index in [0.717, 1.165) is 71.4 Å². The topological polar surface area (TPSA) is 104 Å². The largest absolute Gasteiger partial charge is 0.481 e. The van der Waals surface area contributed by atoms with Crippen LogP contribution in [0.25, 0.3) is 5.57 Å². The molecule has 1 saturated heterocycles. The number of aromatic nitrogens is 2. The average molecular weight is 675 g/mol. The predicted molar refractivity (Wildman–Crippen MR) is 193 cm³/mol. The summed E-state index contributed by atoms with van der Waals surface area (Å²) < 4.78 is 5.72. The minimum atomic E-state index is -0.585. The first-order valence-corrected chi connectivity index (χ1v) is 19.6. The first-order valence-electron chi connectivity index (χ1n) is 18.8. The van der Waals surface area contributed by atoms with E-state index in [-0.39, 0.29) is 38.9 Å². The number of nitrogen functional groups attached to an aromatic ring is 1. The Morgan fingerprint density at radius 2 is 1.83 bits per heavy atom. The number of morpholine rings is 1. The van der Waals surface area contributed by atoms with Crippen LogP contribution in [-0.2, 0) is 27.9 Å². The van der Waals surface area contributed by atoms with E-state index < -0.39 is 5.97 Å². The van der Waals surface area contributed by atoms with Crippen molar-refractivity contribution in [2.24, 2.45) is 51.2 Å². The Morgan fingerprint density at radius 1 is 1.08 bits per heavy atom. The normalized spacial score (nSPS) is 40.3. The molecule has 2 aromatic heterocycles. The third-order valence-electron chi connectivity index (χ3n) is 15.7. The summed E-state index contributed by atoms with van der Waals surface area (Å²) in [7, 11) is 0. The number of rotatable bonds is 4. The molecule has 8 rings (SSSR count). The molecule has 3 heterocycles. The Hall–Kier alpha value is -2.16. The molecule has 0 aromatic carbocycles. The summed E-state index contributed by atoms with van der Waals surface area (Å²) >= 11 is 1.91. The van der Waals surface area contributed by atoms with Crippen LogP contribution in [0.1, 0.15) is 115 Å². The number of nitrogens with two attached hydrogens (primary N) is 1. The Kier molecular flexibility index (Phi) is 7.51. The number of carboxylic acid groups (broad SMARTS) is 1. The van der Waals surface area contributed by atoms with Gasteiger partial charge in [0.15, 0.2) is 0 Å². The second-order valence-electron chi connectivity index (χ2n) is 18.8. The molecular weight excluding hydrogens is 617 g/mol. The molecule has 0 spiro atoms. The van der Waals surface area contributed by atoms with Crippen molar-refractivity contribution in [2.45, 2.75) is 112 Å². The summed E-state index contributed by atoms with van der Waals surface area (Å²) in [6.45, 7) is 21.9. The second kappa shape index (κ2) is 10.9. The molecule has 0 bridgehead atoms. The molecule has 4 fully saturated rings. The third kappa shape index (κ3) is 4.56. The van der Waals surface area contributed by atoms with Crippen molar-refractivity contribution in [3.63, 3.8) is 0 Å². The van der Waals surface area contributed by atoms with Gasteiger partial charge in [0.2, 0.25) is 0 Å². The number of anilines is 1. The molecule has 0 radical (unpaired) electrons. The molecule has 2 aromatic rings. The Bertz CT molecular complexity index is 1650. The van der Waals surface area contributed by atoms with Gasteiger partial charge < -0.3 is 15.6 Å². The molecule has 6 aliphatic rings. The summed E-state index contributed by atoms with van der Waals surface area (Å²) in [4.78, 5) is 17.0. The van der Waals surface area contributed by atoms with Crippen LogP contribution in [0.5, 0.6) is 0 Å². The maximum Gasteiger partial charge on any atom is 0.306 e. The molecule has 4 N–H and O–H groups in total. The number of allylic oxidation sites excluding steroid dienone is 2. The lowest BCUT2D eigenvalue weighted by atomic mass is 9.33. The number of hydrogen-bond donors (Lipinski definition) is 3. The number of H-pyrrole nitrogens is 1. The van der Waals surface area contributed by atoms with Gasteiger partial charge in [0.05, 0.1) is 19.1 Å². The third-order valence-corrected chi connectivity index (χ3v) is 16.6. The van der Waals surface area contributed by atoms with Gasteiger partial charge in [-0.05, 0) is 119 Å². The summed E-state index contributed by atoms with van der Waals surface area (Å²) in [5.41, 5.74) is 13.9. The Labute approximate surface area is 291 Å². The smallest absolute Gasteiger partial charge is 0.306 e. The summed E-state index contributed by atoms with van der Waals surface area (Å²) in [5, 5.41) is 20.9. The number of aromatic amines is 1. The van der Waals surface area contributed by atoms with E-state index in [1.165, 1.54) is 34.5 Å². The van der Waals surface area contributed by atoms with Gasteiger partial charge in [-0.15, -0.1) is 11.3 Å². The van der Waals surface area contributed by atoms with E-state index in [2.05, 4.69) is 75.0 Å². The van der Waals surface area contributed by atoms with E-state index >= 15 is 0 Å². The van der Waals surface area contributed by atoms with Gasteiger partial charge >= 0.3 is 5.97 Å². The van der Waals surface area contributed by atoms with Crippen molar-refractivity contribution in [1.82, 2.24) is 15.1 Å². The number of nitrogens with zero attached hydrogens (tertiary/aromatic N) is 2. The average Bonchev–Trinajstić information content (AvgIpc) is 3.63. The van der Waals surface area contributed by atoms with Crippen LogP contribution in [0, 0.1) is 51.2 Å². The standard InChI is InChI=1S/C40H58N4O3S/c1-36(2)19-26-23(27(20-36)35(45)46)8-11-40(7)32(26)25(24-10-17-48-29(24)22-44-13-15-47-16-14-44)18-31-38(5)21-28-33(42-43-34(28)41)37(3,4)30(38)9-12-39(31,40)6/h10,17,23,26-27,30-31H,8-9,11-16,18-22H2,1-7H3,(H,45,46)(H3,41,42,43)/t23?,26?,27-,30?,31?,38?,39?,40?/m1/s1. The van der Waals surface area contributed by atoms with Crippen molar-refractivity contribution in [3.8, 4) is 0 Å². The van der Waals surface area contributed by atoms with Gasteiger partial charge in [-0.25, -0.2) is 0 Å². The molecule has 262 valence electrons. The molecular formula is C40H58N4O3S. The van der Waals surface area contributed by atoms with Crippen molar-refractivity contribution in [3.05, 3.63) is 38.7 Å². The maximum absolute atomic E-state index is 12.9.